The molecular formula is C23H23FN4O4. The maximum Gasteiger partial charge on any atom is 0.322 e. The summed E-state index contributed by atoms with van der Waals surface area (Å²) in [5.74, 6) is -0.000334. The summed E-state index contributed by atoms with van der Waals surface area (Å²) in [6.45, 7) is 4.32. The molecule has 0 bridgehead atoms. The van der Waals surface area contributed by atoms with Gasteiger partial charge >= 0.3 is 6.01 Å². The number of carbonyl (C=O) groups excluding carboxylic acids is 2. The molecule has 1 N–H and O–H groups in total. The van der Waals surface area contributed by atoms with Gasteiger partial charge < -0.3 is 14.1 Å². The van der Waals surface area contributed by atoms with Crippen molar-refractivity contribution in [2.45, 2.75) is 32.1 Å². The van der Waals surface area contributed by atoms with E-state index in [9.17, 15) is 14.0 Å². The highest BCUT2D eigenvalue weighted by Crippen LogP contribution is 2.31. The number of nitrogens with zero attached hydrogens (tertiary/aromatic N) is 3. The van der Waals surface area contributed by atoms with E-state index in [0.717, 1.165) is 0 Å². The summed E-state index contributed by atoms with van der Waals surface area (Å²) >= 11 is 0. The van der Waals surface area contributed by atoms with E-state index in [4.69, 9.17) is 9.15 Å². The highest BCUT2D eigenvalue weighted by atomic mass is 19.1. The van der Waals surface area contributed by atoms with E-state index in [1.807, 2.05) is 24.3 Å². The number of nitrogens with one attached hydrogen (secondary N) is 1. The van der Waals surface area contributed by atoms with Crippen molar-refractivity contribution in [3.63, 3.8) is 0 Å². The van der Waals surface area contributed by atoms with Crippen molar-refractivity contribution in [1.29, 1.82) is 0 Å². The molecule has 0 spiro atoms. The van der Waals surface area contributed by atoms with Crippen LogP contribution in [0.2, 0.25) is 0 Å². The minimum absolute atomic E-state index is 0.0589. The third kappa shape index (κ3) is 4.93. The molecule has 32 heavy (non-hydrogen) atoms. The van der Waals surface area contributed by atoms with Gasteiger partial charge in [-0.25, -0.2) is 4.39 Å². The summed E-state index contributed by atoms with van der Waals surface area (Å²) in [5, 5.41) is 10.3. The van der Waals surface area contributed by atoms with Crippen molar-refractivity contribution in [3.05, 3.63) is 65.8 Å². The zero-order chi connectivity index (χ0) is 22.7. The van der Waals surface area contributed by atoms with Crippen LogP contribution in [0.15, 0.2) is 52.9 Å². The van der Waals surface area contributed by atoms with Gasteiger partial charge in [0.2, 0.25) is 11.8 Å². The largest absolute Gasteiger partial charge is 0.484 e. The summed E-state index contributed by atoms with van der Waals surface area (Å²) in [4.78, 5) is 26.1. The minimum Gasteiger partial charge on any atom is -0.484 e. The number of rotatable bonds is 7. The summed E-state index contributed by atoms with van der Waals surface area (Å²) in [7, 11) is 0. The van der Waals surface area contributed by atoms with E-state index in [-0.39, 0.29) is 42.6 Å². The fourth-order valence-electron chi connectivity index (χ4n) is 3.45. The van der Waals surface area contributed by atoms with Crippen LogP contribution < -0.4 is 15.0 Å². The first-order valence-corrected chi connectivity index (χ1v) is 10.3. The van der Waals surface area contributed by atoms with Crippen LogP contribution in [0.4, 0.5) is 16.1 Å². The van der Waals surface area contributed by atoms with Gasteiger partial charge in [-0.15, -0.1) is 5.10 Å². The molecule has 1 aliphatic heterocycles. The lowest BCUT2D eigenvalue weighted by molar-refractivity contribution is -0.118. The molecule has 8 nitrogen and oxygen atoms in total. The number of hydrogen-bond donors (Lipinski definition) is 1. The number of ether oxygens (including phenoxy) is 1. The van der Waals surface area contributed by atoms with Crippen molar-refractivity contribution >= 4 is 23.5 Å². The predicted molar refractivity (Wildman–Crippen MR) is 115 cm³/mol. The molecule has 3 aromatic rings. The van der Waals surface area contributed by atoms with Crippen molar-refractivity contribution < 1.29 is 23.1 Å². The third-order valence-electron chi connectivity index (χ3n) is 5.22. The fourth-order valence-corrected chi connectivity index (χ4v) is 3.45. The second-order valence-electron chi connectivity index (χ2n) is 7.89. The Kier molecular flexibility index (Phi) is 6.16. The van der Waals surface area contributed by atoms with E-state index in [1.165, 1.54) is 17.7 Å². The first kappa shape index (κ1) is 21.5. The number of aromatic nitrogens is 2. The molecule has 1 fully saturated rings. The smallest absolute Gasteiger partial charge is 0.322 e. The number of carbonyl (C=O) groups is 2. The molecule has 1 aliphatic rings. The Balaban J connectivity index is 1.31. The van der Waals surface area contributed by atoms with Gasteiger partial charge in [0.05, 0.1) is 5.92 Å². The van der Waals surface area contributed by atoms with Crippen LogP contribution in [0.5, 0.6) is 5.75 Å². The SMILES string of the molecule is CC(C)c1ccc(OCC(=O)Nc2nnc([C@H]3CC(=O)N(c4ccc(F)cc4)C3)o2)cc1. The van der Waals surface area contributed by atoms with Gasteiger partial charge in [0.25, 0.3) is 5.91 Å². The molecule has 0 radical (unpaired) electrons. The second-order valence-corrected chi connectivity index (χ2v) is 7.89. The van der Waals surface area contributed by atoms with E-state index in [2.05, 4.69) is 29.4 Å². The quantitative estimate of drug-likeness (QED) is 0.601. The monoisotopic (exact) mass is 438 g/mol. The van der Waals surface area contributed by atoms with Gasteiger partial charge in [0.1, 0.15) is 11.6 Å². The van der Waals surface area contributed by atoms with Crippen molar-refractivity contribution in [2.75, 3.05) is 23.4 Å². The molecule has 9 heteroatoms. The lowest BCUT2D eigenvalue weighted by Gasteiger charge is -2.15. The van der Waals surface area contributed by atoms with E-state index in [1.54, 1.807) is 17.0 Å². The molecule has 1 saturated heterocycles. The lowest BCUT2D eigenvalue weighted by Crippen LogP contribution is -2.24. The molecule has 0 unspecified atom stereocenters. The summed E-state index contributed by atoms with van der Waals surface area (Å²) in [6.07, 6.45) is 0.183. The zero-order valence-electron chi connectivity index (χ0n) is 17.7. The van der Waals surface area contributed by atoms with Crippen LogP contribution in [0.3, 0.4) is 0 Å². The Bertz CT molecular complexity index is 1100. The molecule has 1 atom stereocenters. The van der Waals surface area contributed by atoms with E-state index < -0.39 is 5.91 Å². The maximum atomic E-state index is 13.1. The summed E-state index contributed by atoms with van der Waals surface area (Å²) in [6, 6.07) is 13.2. The standard InChI is InChI=1S/C23H23FN4O4/c1-14(2)15-3-9-19(10-4-15)31-13-20(29)25-23-27-26-22(32-23)16-11-21(30)28(12-16)18-7-5-17(24)6-8-18/h3-10,14,16H,11-13H2,1-2H3,(H,25,27,29)/t16-/m0/s1. The number of halogens is 1. The predicted octanol–water partition coefficient (Wildman–Crippen LogP) is 3.87. The van der Waals surface area contributed by atoms with Crippen LogP contribution in [-0.2, 0) is 9.59 Å². The maximum absolute atomic E-state index is 13.1. The van der Waals surface area contributed by atoms with Gasteiger partial charge in [0, 0.05) is 18.7 Å². The van der Waals surface area contributed by atoms with E-state index in [0.29, 0.717) is 23.9 Å². The van der Waals surface area contributed by atoms with E-state index >= 15 is 0 Å². The molecule has 4 rings (SSSR count). The minimum atomic E-state index is -0.441. The molecular weight excluding hydrogens is 415 g/mol. The molecule has 1 aromatic heterocycles. The number of hydrogen-bond acceptors (Lipinski definition) is 6. The van der Waals surface area contributed by atoms with Gasteiger partial charge in [-0.3, -0.25) is 14.9 Å². The van der Waals surface area contributed by atoms with Gasteiger partial charge in [0.15, 0.2) is 6.61 Å². The first-order valence-electron chi connectivity index (χ1n) is 10.3. The van der Waals surface area contributed by atoms with Gasteiger partial charge in [-0.1, -0.05) is 31.1 Å². The van der Waals surface area contributed by atoms with Gasteiger partial charge in [-0.2, -0.15) is 0 Å². The Hall–Kier alpha value is -3.75. The summed E-state index contributed by atoms with van der Waals surface area (Å²) < 4.78 is 24.2. The van der Waals surface area contributed by atoms with Gasteiger partial charge in [-0.05, 0) is 47.9 Å². The molecule has 0 saturated carbocycles. The Morgan fingerprint density at radius 1 is 1.19 bits per heavy atom. The van der Waals surface area contributed by atoms with Crippen molar-refractivity contribution in [3.8, 4) is 5.75 Å². The fraction of sp³-hybridized carbons (Fsp3) is 0.304. The third-order valence-corrected chi connectivity index (χ3v) is 5.22. The van der Waals surface area contributed by atoms with Crippen LogP contribution in [0, 0.1) is 5.82 Å². The highest BCUT2D eigenvalue weighted by Gasteiger charge is 2.35. The molecule has 2 amide bonds. The van der Waals surface area contributed by atoms with Crippen LogP contribution in [-0.4, -0.2) is 35.2 Å². The highest BCUT2D eigenvalue weighted by molar-refractivity contribution is 5.96. The van der Waals surface area contributed by atoms with Crippen LogP contribution >= 0.6 is 0 Å². The van der Waals surface area contributed by atoms with Crippen LogP contribution in [0.25, 0.3) is 0 Å². The Morgan fingerprint density at radius 2 is 1.91 bits per heavy atom. The summed E-state index contributed by atoms with van der Waals surface area (Å²) in [5.41, 5.74) is 1.79. The molecule has 2 aromatic carbocycles. The normalized spacial score (nSPS) is 15.9. The first-order chi connectivity index (χ1) is 15.4. The lowest BCUT2D eigenvalue weighted by atomic mass is 10.0. The number of benzene rings is 2. The Morgan fingerprint density at radius 3 is 2.59 bits per heavy atom. The average molecular weight is 438 g/mol. The molecule has 0 aliphatic carbocycles. The Labute approximate surface area is 184 Å². The van der Waals surface area contributed by atoms with Crippen molar-refractivity contribution in [1.82, 2.24) is 10.2 Å². The number of anilines is 2. The number of amides is 2. The molecule has 166 valence electrons. The van der Waals surface area contributed by atoms with Crippen molar-refractivity contribution in [2.24, 2.45) is 0 Å². The van der Waals surface area contributed by atoms with Crippen LogP contribution in [0.1, 0.15) is 43.6 Å². The zero-order valence-corrected chi connectivity index (χ0v) is 17.7. The average Bonchev–Trinajstić information content (AvgIpc) is 3.39. The molecule has 2 heterocycles. The topological polar surface area (TPSA) is 97.6 Å². The second kappa shape index (κ2) is 9.17.